The van der Waals surface area contributed by atoms with Crippen LogP contribution in [0, 0.1) is 5.92 Å². The van der Waals surface area contributed by atoms with Gasteiger partial charge in [0, 0.05) is 50.1 Å². The van der Waals surface area contributed by atoms with Gasteiger partial charge in [0.25, 0.3) is 11.8 Å². The molecule has 0 bridgehead atoms. The number of hydrogen-bond donors (Lipinski definition) is 2. The van der Waals surface area contributed by atoms with E-state index in [9.17, 15) is 24.3 Å². The third-order valence-corrected chi connectivity index (χ3v) is 10.2. The van der Waals surface area contributed by atoms with Crippen LogP contribution in [0.15, 0.2) is 65.8 Å². The molecule has 1 aliphatic heterocycles. The standard InChI is InChI=1S/C33H33Br3N4O5/c1-4-39(5-2)20-10-11-21(24(16-20)37-32(44)28-22(35)14-19(34)15-23(28)36)27-30(42)29(31(27)43)26-17(3)38-40(33(26)45)13-12-25(41)18-8-6-7-9-18/h10-11,14-16,18,42H,4-9,12-13H2,1-3H3,(H,37,44). The fourth-order valence-electron chi connectivity index (χ4n) is 6.14. The van der Waals surface area contributed by atoms with Gasteiger partial charge in [-0.2, -0.15) is 5.10 Å². The van der Waals surface area contributed by atoms with Crippen LogP contribution >= 0.6 is 47.8 Å². The smallest absolute Gasteiger partial charge is 0.276 e. The summed E-state index contributed by atoms with van der Waals surface area (Å²) in [5, 5.41) is 19.7. The van der Waals surface area contributed by atoms with E-state index < -0.39 is 17.6 Å². The van der Waals surface area contributed by atoms with Crippen molar-refractivity contribution in [2.45, 2.75) is 52.9 Å². The van der Waals surface area contributed by atoms with Crippen LogP contribution < -0.4 is 10.2 Å². The van der Waals surface area contributed by atoms with Gasteiger partial charge < -0.3 is 15.3 Å². The van der Waals surface area contributed by atoms with E-state index in [1.807, 2.05) is 19.9 Å². The minimum Gasteiger partial charge on any atom is -0.506 e. The van der Waals surface area contributed by atoms with Crippen LogP contribution in [0.3, 0.4) is 0 Å². The van der Waals surface area contributed by atoms with Gasteiger partial charge in [-0.15, -0.1) is 0 Å². The number of nitrogens with one attached hydrogen (secondary N) is 1. The lowest BCUT2D eigenvalue weighted by atomic mass is 9.79. The van der Waals surface area contributed by atoms with Crippen LogP contribution in [-0.4, -0.2) is 58.8 Å². The molecule has 1 heterocycles. The molecule has 0 unspecified atom stereocenters. The molecular formula is C33H33Br3N4O5. The number of rotatable bonds is 10. The predicted octanol–water partition coefficient (Wildman–Crippen LogP) is 7.59. The average molecular weight is 805 g/mol. The quantitative estimate of drug-likeness (QED) is 0.239. The van der Waals surface area contributed by atoms with E-state index in [0.717, 1.165) is 48.9 Å². The molecule has 1 saturated carbocycles. The Kier molecular flexibility index (Phi) is 10.1. The first kappa shape index (κ1) is 33.3. The fourth-order valence-corrected chi connectivity index (χ4v) is 8.75. The summed E-state index contributed by atoms with van der Waals surface area (Å²) < 4.78 is 1.89. The number of carbonyl (C=O) groups is 4. The van der Waals surface area contributed by atoms with Crippen molar-refractivity contribution in [2.75, 3.05) is 29.9 Å². The second-order valence-corrected chi connectivity index (χ2v) is 13.8. The zero-order valence-electron chi connectivity index (χ0n) is 25.2. The molecule has 2 amide bonds. The molecule has 3 aliphatic rings. The fraction of sp³-hybridized carbons (Fsp3) is 0.364. The zero-order valence-corrected chi connectivity index (χ0v) is 29.9. The molecule has 2 N–H and O–H groups in total. The topological polar surface area (TPSA) is 119 Å². The highest BCUT2D eigenvalue weighted by Crippen LogP contribution is 2.43. The number of hydrogen-bond acceptors (Lipinski definition) is 7. The summed E-state index contributed by atoms with van der Waals surface area (Å²) in [6.07, 6.45) is 4.06. The molecule has 0 atom stereocenters. The minimum atomic E-state index is -0.522. The third-order valence-electron chi connectivity index (χ3n) is 8.52. The van der Waals surface area contributed by atoms with E-state index in [0.29, 0.717) is 31.5 Å². The molecular weight excluding hydrogens is 772 g/mol. The summed E-state index contributed by atoms with van der Waals surface area (Å²) in [7, 11) is 0. The van der Waals surface area contributed by atoms with Gasteiger partial charge in [-0.05, 0) is 95.8 Å². The molecule has 5 rings (SSSR count). The molecule has 0 saturated heterocycles. The molecule has 236 valence electrons. The van der Waals surface area contributed by atoms with E-state index in [-0.39, 0.29) is 47.1 Å². The molecule has 0 spiro atoms. The number of allylic oxidation sites excluding steroid dienone is 2. The number of carbonyl (C=O) groups excluding carboxylic acids is 4. The Morgan fingerprint density at radius 2 is 1.64 bits per heavy atom. The van der Waals surface area contributed by atoms with Crippen molar-refractivity contribution in [1.82, 2.24) is 5.01 Å². The van der Waals surface area contributed by atoms with Gasteiger partial charge in [0.2, 0.25) is 5.78 Å². The van der Waals surface area contributed by atoms with E-state index in [1.165, 1.54) is 5.01 Å². The second-order valence-electron chi connectivity index (χ2n) is 11.2. The molecule has 1 fully saturated rings. The van der Waals surface area contributed by atoms with Gasteiger partial charge in [0.15, 0.2) is 0 Å². The largest absolute Gasteiger partial charge is 0.506 e. The summed E-state index contributed by atoms with van der Waals surface area (Å²) in [6.45, 7) is 7.21. The number of benzene rings is 2. The Labute approximate surface area is 287 Å². The van der Waals surface area contributed by atoms with Gasteiger partial charge in [-0.1, -0.05) is 28.8 Å². The summed E-state index contributed by atoms with van der Waals surface area (Å²) in [4.78, 5) is 55.3. The number of hydrazone groups is 1. The lowest BCUT2D eigenvalue weighted by Gasteiger charge is -2.27. The summed E-state index contributed by atoms with van der Waals surface area (Å²) in [6, 6.07) is 8.81. The van der Waals surface area contributed by atoms with Crippen LogP contribution in [0.5, 0.6) is 0 Å². The SMILES string of the molecule is CCN(CC)c1ccc(C2=C(O)C(=C3C(=O)N(CCC(=O)C4CCCC4)N=C3C)C2=O)c(NC(=O)c2c(Br)cc(Br)cc2Br)c1. The predicted molar refractivity (Wildman–Crippen MR) is 185 cm³/mol. The van der Waals surface area contributed by atoms with E-state index >= 15 is 0 Å². The molecule has 0 radical (unpaired) electrons. The number of anilines is 2. The van der Waals surface area contributed by atoms with Crippen molar-refractivity contribution in [2.24, 2.45) is 11.0 Å². The van der Waals surface area contributed by atoms with Crippen molar-refractivity contribution >= 4 is 93.8 Å². The first-order chi connectivity index (χ1) is 21.5. The van der Waals surface area contributed by atoms with Gasteiger partial charge in [0.05, 0.1) is 40.2 Å². The third kappa shape index (κ3) is 6.46. The average Bonchev–Trinajstić information content (AvgIpc) is 3.62. The Hall–Kier alpha value is -3.09. The molecule has 9 nitrogen and oxygen atoms in total. The van der Waals surface area contributed by atoms with Crippen molar-refractivity contribution < 1.29 is 24.3 Å². The first-order valence-electron chi connectivity index (χ1n) is 14.9. The van der Waals surface area contributed by atoms with Gasteiger partial charge >= 0.3 is 0 Å². The Balaban J connectivity index is 1.47. The van der Waals surface area contributed by atoms with Gasteiger partial charge in [-0.3, -0.25) is 19.2 Å². The molecule has 0 aromatic heterocycles. The summed E-state index contributed by atoms with van der Waals surface area (Å²) in [5.41, 5.74) is 2.08. The van der Waals surface area contributed by atoms with Crippen molar-refractivity contribution in [1.29, 1.82) is 0 Å². The Morgan fingerprint density at radius 1 is 1.00 bits per heavy atom. The number of Topliss-reactive ketones (excluding diaryl/α,β-unsaturated/α-hetero) is 2. The monoisotopic (exact) mass is 802 g/mol. The Bertz CT molecular complexity index is 1680. The molecule has 2 aromatic carbocycles. The number of halogens is 3. The van der Waals surface area contributed by atoms with Crippen LogP contribution in [0.25, 0.3) is 5.57 Å². The zero-order chi connectivity index (χ0) is 32.6. The van der Waals surface area contributed by atoms with Gasteiger partial charge in [0.1, 0.15) is 11.5 Å². The molecule has 2 aliphatic carbocycles. The van der Waals surface area contributed by atoms with E-state index in [2.05, 4.69) is 63.1 Å². The van der Waals surface area contributed by atoms with Crippen LogP contribution in [0.1, 0.15) is 68.8 Å². The lowest BCUT2D eigenvalue weighted by Crippen LogP contribution is -2.31. The van der Waals surface area contributed by atoms with Crippen molar-refractivity contribution in [3.05, 3.63) is 71.8 Å². The highest BCUT2D eigenvalue weighted by Gasteiger charge is 2.43. The normalized spacial score (nSPS) is 18.4. The number of aliphatic hydroxyl groups excluding tert-OH is 1. The van der Waals surface area contributed by atoms with Crippen LogP contribution in [-0.2, 0) is 14.4 Å². The number of nitrogens with zero attached hydrogens (tertiary/aromatic N) is 3. The Morgan fingerprint density at radius 3 is 2.24 bits per heavy atom. The van der Waals surface area contributed by atoms with Gasteiger partial charge in [-0.25, -0.2) is 5.01 Å². The van der Waals surface area contributed by atoms with Crippen LogP contribution in [0.2, 0.25) is 0 Å². The highest BCUT2D eigenvalue weighted by atomic mass is 79.9. The summed E-state index contributed by atoms with van der Waals surface area (Å²) >= 11 is 10.3. The maximum atomic E-state index is 13.7. The molecule has 12 heteroatoms. The van der Waals surface area contributed by atoms with E-state index in [1.54, 1.807) is 31.2 Å². The first-order valence-corrected chi connectivity index (χ1v) is 17.3. The number of aliphatic hydroxyl groups is 1. The number of amides is 2. The second kappa shape index (κ2) is 13.7. The highest BCUT2D eigenvalue weighted by molar-refractivity contribution is 9.11. The molecule has 2 aromatic rings. The van der Waals surface area contributed by atoms with Crippen LogP contribution in [0.4, 0.5) is 11.4 Å². The summed E-state index contributed by atoms with van der Waals surface area (Å²) in [5.74, 6) is -1.63. The maximum absolute atomic E-state index is 13.7. The lowest BCUT2D eigenvalue weighted by molar-refractivity contribution is -0.127. The number of ketones is 2. The van der Waals surface area contributed by atoms with E-state index in [4.69, 9.17) is 0 Å². The maximum Gasteiger partial charge on any atom is 0.276 e. The van der Waals surface area contributed by atoms with Crippen molar-refractivity contribution in [3.8, 4) is 0 Å². The minimum absolute atomic E-state index is 0.00305. The molecule has 45 heavy (non-hydrogen) atoms. The van der Waals surface area contributed by atoms with Crippen molar-refractivity contribution in [3.63, 3.8) is 0 Å².